The van der Waals surface area contributed by atoms with E-state index in [2.05, 4.69) is 12.2 Å². The Balaban J connectivity index is 2.59. The van der Waals surface area contributed by atoms with Gasteiger partial charge >= 0.3 is 0 Å². The quantitative estimate of drug-likeness (QED) is 0.807. The summed E-state index contributed by atoms with van der Waals surface area (Å²) < 4.78 is 5.62. The molecule has 4 heteroatoms. The molecule has 0 saturated carbocycles. The summed E-state index contributed by atoms with van der Waals surface area (Å²) in [7, 11) is 0. The molecule has 1 aromatic carbocycles. The Kier molecular flexibility index (Phi) is 6.52. The van der Waals surface area contributed by atoms with Crippen molar-refractivity contribution in [3.63, 3.8) is 0 Å². The SMILES string of the molecule is CCCC(C)NC(=O)C(C)Oc1cccc([C@@H](C)O)c1. The van der Waals surface area contributed by atoms with Gasteiger partial charge in [0.1, 0.15) is 5.75 Å². The second-order valence-corrected chi connectivity index (χ2v) is 5.21. The maximum Gasteiger partial charge on any atom is 0.260 e. The van der Waals surface area contributed by atoms with Crippen molar-refractivity contribution < 1.29 is 14.6 Å². The molecule has 2 N–H and O–H groups in total. The van der Waals surface area contributed by atoms with Crippen LogP contribution in [0.2, 0.25) is 0 Å². The van der Waals surface area contributed by atoms with Crippen molar-refractivity contribution in [1.29, 1.82) is 0 Å². The lowest BCUT2D eigenvalue weighted by molar-refractivity contribution is -0.127. The van der Waals surface area contributed by atoms with E-state index in [0.717, 1.165) is 18.4 Å². The van der Waals surface area contributed by atoms with Gasteiger partial charge in [-0.25, -0.2) is 0 Å². The molecule has 4 nitrogen and oxygen atoms in total. The molecule has 0 fully saturated rings. The molecule has 2 unspecified atom stereocenters. The van der Waals surface area contributed by atoms with E-state index in [9.17, 15) is 9.90 Å². The van der Waals surface area contributed by atoms with Crippen molar-refractivity contribution in [2.75, 3.05) is 0 Å². The summed E-state index contributed by atoms with van der Waals surface area (Å²) in [5.74, 6) is 0.475. The van der Waals surface area contributed by atoms with Gasteiger partial charge in [-0.3, -0.25) is 4.79 Å². The summed E-state index contributed by atoms with van der Waals surface area (Å²) in [6.45, 7) is 7.50. The van der Waals surface area contributed by atoms with Crippen LogP contribution in [0.4, 0.5) is 0 Å². The van der Waals surface area contributed by atoms with Gasteiger partial charge in [-0.2, -0.15) is 0 Å². The molecular formula is C16H25NO3. The summed E-state index contributed by atoms with van der Waals surface area (Å²) in [6.07, 6.45) is 0.883. The lowest BCUT2D eigenvalue weighted by Gasteiger charge is -2.19. The molecule has 0 radical (unpaired) electrons. The van der Waals surface area contributed by atoms with Crippen LogP contribution in [0.5, 0.6) is 5.75 Å². The molecule has 3 atom stereocenters. The van der Waals surface area contributed by atoms with E-state index in [-0.39, 0.29) is 11.9 Å². The van der Waals surface area contributed by atoms with Crippen molar-refractivity contribution in [3.8, 4) is 5.75 Å². The Hall–Kier alpha value is -1.55. The summed E-state index contributed by atoms with van der Waals surface area (Å²) in [5.41, 5.74) is 0.773. The minimum Gasteiger partial charge on any atom is -0.481 e. The predicted molar refractivity (Wildman–Crippen MR) is 79.7 cm³/mol. The van der Waals surface area contributed by atoms with Gasteiger partial charge < -0.3 is 15.2 Å². The minimum absolute atomic E-state index is 0.117. The van der Waals surface area contributed by atoms with Gasteiger partial charge in [0.05, 0.1) is 6.10 Å². The highest BCUT2D eigenvalue weighted by Crippen LogP contribution is 2.19. The Morgan fingerprint density at radius 1 is 1.35 bits per heavy atom. The number of carbonyl (C=O) groups excluding carboxylic acids is 1. The molecule has 112 valence electrons. The highest BCUT2D eigenvalue weighted by Gasteiger charge is 2.16. The van der Waals surface area contributed by atoms with E-state index in [0.29, 0.717) is 5.75 Å². The Morgan fingerprint density at radius 3 is 2.65 bits per heavy atom. The van der Waals surface area contributed by atoms with Crippen LogP contribution in [0.3, 0.4) is 0 Å². The summed E-state index contributed by atoms with van der Waals surface area (Å²) >= 11 is 0. The fraction of sp³-hybridized carbons (Fsp3) is 0.562. The monoisotopic (exact) mass is 279 g/mol. The van der Waals surface area contributed by atoms with Gasteiger partial charge in [0, 0.05) is 6.04 Å². The van der Waals surface area contributed by atoms with Gasteiger partial charge in [0.15, 0.2) is 6.10 Å². The molecule has 0 aliphatic carbocycles. The fourth-order valence-corrected chi connectivity index (χ4v) is 1.97. The lowest BCUT2D eigenvalue weighted by Crippen LogP contribution is -2.41. The number of amides is 1. The minimum atomic E-state index is -0.557. The smallest absolute Gasteiger partial charge is 0.260 e. The normalized spacial score (nSPS) is 15.2. The molecule has 0 saturated heterocycles. The Labute approximate surface area is 121 Å². The van der Waals surface area contributed by atoms with E-state index < -0.39 is 12.2 Å². The first-order valence-electron chi connectivity index (χ1n) is 7.19. The Morgan fingerprint density at radius 2 is 2.05 bits per heavy atom. The van der Waals surface area contributed by atoms with Crippen LogP contribution in [0.15, 0.2) is 24.3 Å². The number of ether oxygens (including phenoxy) is 1. The third-order valence-electron chi connectivity index (χ3n) is 3.13. The zero-order valence-corrected chi connectivity index (χ0v) is 12.7. The molecule has 0 aliphatic rings. The van der Waals surface area contributed by atoms with Gasteiger partial charge in [0.2, 0.25) is 0 Å². The maximum atomic E-state index is 12.0. The molecule has 1 rings (SSSR count). The van der Waals surface area contributed by atoms with Crippen LogP contribution in [0.25, 0.3) is 0 Å². The summed E-state index contributed by atoms with van der Waals surface area (Å²) in [5, 5.41) is 12.5. The predicted octanol–water partition coefficient (Wildman–Crippen LogP) is 2.81. The van der Waals surface area contributed by atoms with Crippen molar-refractivity contribution >= 4 is 5.91 Å². The number of nitrogens with one attached hydrogen (secondary N) is 1. The molecule has 0 bridgehead atoms. The molecular weight excluding hydrogens is 254 g/mol. The third-order valence-corrected chi connectivity index (χ3v) is 3.13. The van der Waals surface area contributed by atoms with Crippen LogP contribution < -0.4 is 10.1 Å². The zero-order valence-electron chi connectivity index (χ0n) is 12.7. The average molecular weight is 279 g/mol. The number of benzene rings is 1. The molecule has 0 aromatic heterocycles. The third kappa shape index (κ3) is 5.21. The number of aliphatic hydroxyl groups excluding tert-OH is 1. The molecule has 20 heavy (non-hydrogen) atoms. The molecule has 0 heterocycles. The van der Waals surface area contributed by atoms with Crippen LogP contribution in [0.1, 0.15) is 52.2 Å². The molecule has 0 aliphatic heterocycles. The second-order valence-electron chi connectivity index (χ2n) is 5.21. The first-order valence-corrected chi connectivity index (χ1v) is 7.19. The van der Waals surface area contributed by atoms with Gasteiger partial charge in [0.25, 0.3) is 5.91 Å². The lowest BCUT2D eigenvalue weighted by atomic mass is 10.1. The van der Waals surface area contributed by atoms with E-state index in [1.165, 1.54) is 0 Å². The van der Waals surface area contributed by atoms with Crippen molar-refractivity contribution in [2.24, 2.45) is 0 Å². The van der Waals surface area contributed by atoms with Gasteiger partial charge in [-0.1, -0.05) is 25.5 Å². The topological polar surface area (TPSA) is 58.6 Å². The van der Waals surface area contributed by atoms with E-state index in [1.807, 2.05) is 19.1 Å². The van der Waals surface area contributed by atoms with E-state index >= 15 is 0 Å². The Bertz CT molecular complexity index is 431. The van der Waals surface area contributed by atoms with Crippen LogP contribution in [-0.2, 0) is 4.79 Å². The van der Waals surface area contributed by atoms with Crippen molar-refractivity contribution in [2.45, 2.75) is 58.8 Å². The first-order chi connectivity index (χ1) is 9.43. The number of hydrogen-bond donors (Lipinski definition) is 2. The summed E-state index contributed by atoms with van der Waals surface area (Å²) in [6, 6.07) is 7.32. The number of carbonyl (C=O) groups is 1. The van der Waals surface area contributed by atoms with Crippen LogP contribution >= 0.6 is 0 Å². The maximum absolute atomic E-state index is 12.0. The standard InChI is InChI=1S/C16H25NO3/c1-5-7-11(2)17-16(19)13(4)20-15-9-6-8-14(10-15)12(3)18/h6,8-13,18H,5,7H2,1-4H3,(H,17,19)/t11?,12-,13?/m1/s1. The molecule has 1 amide bonds. The average Bonchev–Trinajstić information content (AvgIpc) is 2.39. The highest BCUT2D eigenvalue weighted by atomic mass is 16.5. The fourth-order valence-electron chi connectivity index (χ4n) is 1.97. The van der Waals surface area contributed by atoms with Crippen LogP contribution in [-0.4, -0.2) is 23.2 Å². The van der Waals surface area contributed by atoms with E-state index in [1.54, 1.807) is 26.0 Å². The zero-order chi connectivity index (χ0) is 15.1. The molecule has 0 spiro atoms. The van der Waals surface area contributed by atoms with Crippen molar-refractivity contribution in [3.05, 3.63) is 29.8 Å². The largest absolute Gasteiger partial charge is 0.481 e. The van der Waals surface area contributed by atoms with E-state index in [4.69, 9.17) is 4.74 Å². The van der Waals surface area contributed by atoms with Gasteiger partial charge in [-0.05, 0) is 44.9 Å². The molecule has 1 aromatic rings. The number of aliphatic hydroxyl groups is 1. The number of hydrogen-bond acceptors (Lipinski definition) is 3. The highest BCUT2D eigenvalue weighted by molar-refractivity contribution is 5.80. The number of rotatable bonds is 7. The first kappa shape index (κ1) is 16.5. The van der Waals surface area contributed by atoms with Crippen LogP contribution in [0, 0.1) is 0 Å². The summed E-state index contributed by atoms with van der Waals surface area (Å²) in [4.78, 5) is 12.0. The second kappa shape index (κ2) is 7.90. The van der Waals surface area contributed by atoms with Gasteiger partial charge in [-0.15, -0.1) is 0 Å². The van der Waals surface area contributed by atoms with Crippen molar-refractivity contribution in [1.82, 2.24) is 5.32 Å².